The fourth-order valence-corrected chi connectivity index (χ4v) is 3.18. The van der Waals surface area contributed by atoms with Crippen molar-refractivity contribution in [1.82, 2.24) is 10.6 Å². The summed E-state index contributed by atoms with van der Waals surface area (Å²) in [4.78, 5) is 11.9. The number of hydrogen-bond acceptors (Lipinski definition) is 2. The summed E-state index contributed by atoms with van der Waals surface area (Å²) in [5.74, 6) is 1.12. The molecule has 104 valence electrons. The van der Waals surface area contributed by atoms with Gasteiger partial charge < -0.3 is 10.6 Å². The Bertz CT molecular complexity index is 253. The van der Waals surface area contributed by atoms with E-state index in [2.05, 4.69) is 17.6 Å². The minimum atomic E-state index is 0.266. The van der Waals surface area contributed by atoms with Gasteiger partial charge in [0.25, 0.3) is 0 Å². The van der Waals surface area contributed by atoms with Crippen molar-refractivity contribution in [2.24, 2.45) is 5.92 Å². The standard InChI is InChI=1S/C15H28N2O/c1-12-5-7-14(8-6-12)17-15(18)10-9-13-4-2-3-11-16-13/h12-14,16H,2-11H2,1H3,(H,17,18). The third-order valence-electron chi connectivity index (χ3n) is 4.51. The van der Waals surface area contributed by atoms with E-state index < -0.39 is 0 Å². The average Bonchev–Trinajstić information content (AvgIpc) is 2.40. The van der Waals surface area contributed by atoms with Crippen molar-refractivity contribution in [2.75, 3.05) is 6.54 Å². The summed E-state index contributed by atoms with van der Waals surface area (Å²) in [6, 6.07) is 1.03. The summed E-state index contributed by atoms with van der Waals surface area (Å²) in [6.07, 6.45) is 10.5. The SMILES string of the molecule is CC1CCC(NC(=O)CCC2CCCCN2)CC1. The first-order valence-corrected chi connectivity index (χ1v) is 7.77. The largest absolute Gasteiger partial charge is 0.353 e. The van der Waals surface area contributed by atoms with Gasteiger partial charge in [0.1, 0.15) is 0 Å². The van der Waals surface area contributed by atoms with Gasteiger partial charge in [0.15, 0.2) is 0 Å². The second kappa shape index (κ2) is 7.13. The van der Waals surface area contributed by atoms with Crippen molar-refractivity contribution >= 4 is 5.91 Å². The van der Waals surface area contributed by atoms with Crippen LogP contribution in [-0.4, -0.2) is 24.5 Å². The van der Waals surface area contributed by atoms with Gasteiger partial charge >= 0.3 is 0 Å². The van der Waals surface area contributed by atoms with Crippen LogP contribution in [-0.2, 0) is 4.79 Å². The van der Waals surface area contributed by atoms with E-state index in [-0.39, 0.29) is 5.91 Å². The average molecular weight is 252 g/mol. The predicted molar refractivity (Wildman–Crippen MR) is 74.4 cm³/mol. The Morgan fingerprint density at radius 3 is 2.61 bits per heavy atom. The maximum absolute atomic E-state index is 11.9. The van der Waals surface area contributed by atoms with Crippen molar-refractivity contribution in [2.45, 2.75) is 76.8 Å². The zero-order chi connectivity index (χ0) is 12.8. The highest BCUT2D eigenvalue weighted by Gasteiger charge is 2.20. The molecule has 1 aliphatic heterocycles. The first-order chi connectivity index (χ1) is 8.74. The van der Waals surface area contributed by atoms with Crippen LogP contribution in [0.5, 0.6) is 0 Å². The third-order valence-corrected chi connectivity index (χ3v) is 4.51. The molecule has 0 spiro atoms. The zero-order valence-corrected chi connectivity index (χ0v) is 11.7. The number of amides is 1. The van der Waals surface area contributed by atoms with Crippen LogP contribution in [0.2, 0.25) is 0 Å². The molecule has 1 saturated carbocycles. The molecule has 2 rings (SSSR count). The number of piperidine rings is 1. The molecule has 1 atom stereocenters. The Morgan fingerprint density at radius 1 is 1.17 bits per heavy atom. The molecular weight excluding hydrogens is 224 g/mol. The third kappa shape index (κ3) is 4.60. The lowest BCUT2D eigenvalue weighted by Crippen LogP contribution is -2.39. The Kier molecular flexibility index (Phi) is 5.48. The van der Waals surface area contributed by atoms with E-state index in [4.69, 9.17) is 0 Å². The molecule has 1 heterocycles. The van der Waals surface area contributed by atoms with Crippen LogP contribution >= 0.6 is 0 Å². The highest BCUT2D eigenvalue weighted by Crippen LogP contribution is 2.23. The van der Waals surface area contributed by atoms with Gasteiger partial charge in [-0.25, -0.2) is 0 Å². The minimum absolute atomic E-state index is 0.266. The summed E-state index contributed by atoms with van der Waals surface area (Å²) in [5.41, 5.74) is 0. The van der Waals surface area contributed by atoms with Crippen molar-refractivity contribution in [3.8, 4) is 0 Å². The van der Waals surface area contributed by atoms with Crippen molar-refractivity contribution < 1.29 is 4.79 Å². The Balaban J connectivity index is 1.59. The van der Waals surface area contributed by atoms with E-state index in [1.54, 1.807) is 0 Å². The lowest BCUT2D eigenvalue weighted by Gasteiger charge is -2.27. The van der Waals surface area contributed by atoms with Crippen LogP contribution in [0.25, 0.3) is 0 Å². The van der Waals surface area contributed by atoms with Crippen LogP contribution in [0.15, 0.2) is 0 Å². The highest BCUT2D eigenvalue weighted by atomic mass is 16.1. The monoisotopic (exact) mass is 252 g/mol. The van der Waals surface area contributed by atoms with Gasteiger partial charge in [-0.05, 0) is 57.4 Å². The maximum Gasteiger partial charge on any atom is 0.220 e. The maximum atomic E-state index is 11.9. The quantitative estimate of drug-likeness (QED) is 0.807. The van der Waals surface area contributed by atoms with Crippen LogP contribution in [0, 0.1) is 5.92 Å². The minimum Gasteiger partial charge on any atom is -0.353 e. The summed E-state index contributed by atoms with van der Waals surface area (Å²) < 4.78 is 0. The molecule has 2 N–H and O–H groups in total. The molecule has 2 aliphatic rings. The van der Waals surface area contributed by atoms with Gasteiger partial charge in [-0.15, -0.1) is 0 Å². The summed E-state index contributed by atoms with van der Waals surface area (Å²) in [6.45, 7) is 3.44. The van der Waals surface area contributed by atoms with Crippen LogP contribution in [0.3, 0.4) is 0 Å². The summed E-state index contributed by atoms with van der Waals surface area (Å²) in [5, 5.41) is 6.72. The molecule has 0 aromatic rings. The molecule has 0 radical (unpaired) electrons. The van der Waals surface area contributed by atoms with Crippen LogP contribution in [0.4, 0.5) is 0 Å². The fourth-order valence-electron chi connectivity index (χ4n) is 3.18. The first-order valence-electron chi connectivity index (χ1n) is 7.77. The normalized spacial score (nSPS) is 33.1. The van der Waals surface area contributed by atoms with Crippen molar-refractivity contribution in [3.05, 3.63) is 0 Å². The van der Waals surface area contributed by atoms with Gasteiger partial charge in [0.2, 0.25) is 5.91 Å². The van der Waals surface area contributed by atoms with Gasteiger partial charge in [-0.2, -0.15) is 0 Å². The second-order valence-electron chi connectivity index (χ2n) is 6.21. The molecule has 1 amide bonds. The smallest absolute Gasteiger partial charge is 0.220 e. The molecule has 2 fully saturated rings. The number of nitrogens with one attached hydrogen (secondary N) is 2. The van der Waals surface area contributed by atoms with Gasteiger partial charge in [-0.1, -0.05) is 13.3 Å². The van der Waals surface area contributed by atoms with Gasteiger partial charge in [-0.3, -0.25) is 4.79 Å². The first kappa shape index (κ1) is 13.9. The van der Waals surface area contributed by atoms with Crippen molar-refractivity contribution in [3.63, 3.8) is 0 Å². The summed E-state index contributed by atoms with van der Waals surface area (Å²) in [7, 11) is 0. The molecule has 3 heteroatoms. The van der Waals surface area contributed by atoms with Gasteiger partial charge in [0.05, 0.1) is 0 Å². The molecular formula is C15H28N2O. The van der Waals surface area contributed by atoms with Crippen molar-refractivity contribution in [1.29, 1.82) is 0 Å². The number of carbonyl (C=O) groups is 1. The molecule has 0 aromatic carbocycles. The molecule has 18 heavy (non-hydrogen) atoms. The Labute approximate surface area is 111 Å². The topological polar surface area (TPSA) is 41.1 Å². The number of carbonyl (C=O) groups excluding carboxylic acids is 1. The van der Waals surface area contributed by atoms with E-state index in [1.165, 1.54) is 44.9 Å². The lowest BCUT2D eigenvalue weighted by molar-refractivity contribution is -0.122. The molecule has 3 nitrogen and oxygen atoms in total. The molecule has 0 bridgehead atoms. The highest BCUT2D eigenvalue weighted by molar-refractivity contribution is 5.76. The van der Waals surface area contributed by atoms with E-state index in [0.29, 0.717) is 18.5 Å². The van der Waals surface area contributed by atoms with Crippen LogP contribution in [0.1, 0.15) is 64.7 Å². The second-order valence-corrected chi connectivity index (χ2v) is 6.21. The molecule has 1 saturated heterocycles. The Morgan fingerprint density at radius 2 is 1.94 bits per heavy atom. The number of rotatable bonds is 4. The van der Waals surface area contributed by atoms with E-state index in [1.807, 2.05) is 0 Å². The fraction of sp³-hybridized carbons (Fsp3) is 0.933. The van der Waals surface area contributed by atoms with Gasteiger partial charge in [0, 0.05) is 18.5 Å². The zero-order valence-electron chi connectivity index (χ0n) is 11.7. The Hall–Kier alpha value is -0.570. The molecule has 1 aliphatic carbocycles. The van der Waals surface area contributed by atoms with E-state index >= 15 is 0 Å². The summed E-state index contributed by atoms with van der Waals surface area (Å²) >= 11 is 0. The predicted octanol–water partition coefficient (Wildman–Crippen LogP) is 2.60. The van der Waals surface area contributed by atoms with E-state index in [9.17, 15) is 4.79 Å². The lowest BCUT2D eigenvalue weighted by atomic mass is 9.87. The number of hydrogen-bond donors (Lipinski definition) is 2. The molecule has 1 unspecified atom stereocenters. The van der Waals surface area contributed by atoms with E-state index in [0.717, 1.165) is 18.9 Å². The van der Waals surface area contributed by atoms with Crippen LogP contribution < -0.4 is 10.6 Å². The molecule has 0 aromatic heterocycles.